The smallest absolute Gasteiger partial charge is 0.416 e. The predicted octanol–water partition coefficient (Wildman–Crippen LogP) is 28.5. The lowest BCUT2D eigenvalue weighted by molar-refractivity contribution is -0.138. The van der Waals surface area contributed by atoms with E-state index < -0.39 is 54.7 Å². The Kier molecular flexibility index (Phi) is 44.2. The van der Waals surface area contributed by atoms with Gasteiger partial charge in [-0.25, -0.2) is 37.5 Å². The number of hydrogen-bond acceptors (Lipinski definition) is 20. The van der Waals surface area contributed by atoms with Crippen molar-refractivity contribution in [2.45, 2.75) is 181 Å². The highest BCUT2D eigenvalue weighted by molar-refractivity contribution is 5.89. The summed E-state index contributed by atoms with van der Waals surface area (Å²) in [5.74, 6) is 6.60. The van der Waals surface area contributed by atoms with Gasteiger partial charge in [-0.3, -0.25) is 31.9 Å². The minimum Gasteiger partial charge on any atom is -0.497 e. The first-order valence-electron chi connectivity index (χ1n) is 46.3. The van der Waals surface area contributed by atoms with Crippen LogP contribution >= 0.6 is 0 Å². The summed E-state index contributed by atoms with van der Waals surface area (Å²) in [7, 11) is 9.28. The molecule has 26 nitrogen and oxygen atoms in total. The van der Waals surface area contributed by atoms with Crippen LogP contribution in [0.4, 0.5) is 84.8 Å². The van der Waals surface area contributed by atoms with E-state index in [1.54, 1.807) is 25.3 Å². The zero-order valence-corrected chi connectivity index (χ0v) is 85.5. The van der Waals surface area contributed by atoms with E-state index in [4.69, 9.17) is 42.6 Å². The van der Waals surface area contributed by atoms with Crippen LogP contribution in [-0.4, -0.2) is 92.9 Å². The lowest BCUT2D eigenvalue weighted by atomic mass is 10.0. The van der Waals surface area contributed by atoms with Gasteiger partial charge < -0.3 is 66.3 Å². The van der Waals surface area contributed by atoms with E-state index in [0.29, 0.717) is 84.5 Å². The molecular formula is C113H129F5N6O20. The second-order valence-corrected chi connectivity index (χ2v) is 33.9. The molecule has 0 spiro atoms. The van der Waals surface area contributed by atoms with E-state index in [-0.39, 0.29) is 35.7 Å². The number of aryl methyl sites for hydroxylation is 14. The van der Waals surface area contributed by atoms with Crippen LogP contribution < -0.4 is 69.8 Å². The Labute approximate surface area is 839 Å². The van der Waals surface area contributed by atoms with Crippen LogP contribution in [0, 0.1) is 90.0 Å². The highest BCUT2D eigenvalue weighted by atomic mass is 19.4. The van der Waals surface area contributed by atoms with Crippen molar-refractivity contribution >= 4 is 70.7 Å². The SMILES string of the molecule is CCOc1ccc(COc2ccc(C)cc2C)c(NC(=O)OC)c1.CCc1ccc(COc2ccc(C)cc2C)c(NC(=O)OC)c1.COC(=O)Nc1cc(C(F)(F)F)c(C)cc1COc1ccc(C)cc1C.COC(=O)Nc1cc(C(F)F)ccc1COc1ccc(C)cc1C.COC(=O)Nc1cc(C2CC2)ccc1COc1ccc(C)cc1C.COC(=O)Nc1cc(OC)ccc1COc1ccc(C)cc1C. The number of hydrogen-bond donors (Lipinski definition) is 6. The van der Waals surface area contributed by atoms with E-state index in [2.05, 4.69) is 107 Å². The van der Waals surface area contributed by atoms with Gasteiger partial charge in [-0.05, 0) is 263 Å². The molecule has 0 atom stereocenters. The lowest BCUT2D eigenvalue weighted by Crippen LogP contribution is -2.16. The summed E-state index contributed by atoms with van der Waals surface area (Å²) >= 11 is 0. The van der Waals surface area contributed by atoms with Crippen molar-refractivity contribution in [2.24, 2.45) is 0 Å². The van der Waals surface area contributed by atoms with Crippen molar-refractivity contribution in [1.29, 1.82) is 0 Å². The van der Waals surface area contributed by atoms with Crippen molar-refractivity contribution in [3.8, 4) is 46.0 Å². The van der Waals surface area contributed by atoms with E-state index in [1.165, 1.54) is 107 Å². The number of alkyl halides is 5. The molecule has 31 heteroatoms. The largest absolute Gasteiger partial charge is 0.497 e. The molecule has 12 aromatic carbocycles. The summed E-state index contributed by atoms with van der Waals surface area (Å²) in [6.45, 7) is 31.5. The van der Waals surface area contributed by atoms with Crippen LogP contribution in [0.25, 0.3) is 0 Å². The second-order valence-electron chi connectivity index (χ2n) is 33.9. The summed E-state index contributed by atoms with van der Waals surface area (Å²) in [5, 5.41) is 15.7. The minimum absolute atomic E-state index is 0.000426. The van der Waals surface area contributed by atoms with Crippen LogP contribution in [0.3, 0.4) is 0 Å². The molecule has 12 aromatic rings. The van der Waals surface area contributed by atoms with Crippen molar-refractivity contribution in [3.05, 3.63) is 340 Å². The minimum atomic E-state index is -4.52. The molecule has 1 aliphatic rings. The van der Waals surface area contributed by atoms with Gasteiger partial charge in [0.15, 0.2) is 0 Å². The maximum atomic E-state index is 13.1. The number of nitrogens with one attached hydrogen (secondary N) is 6. The first-order chi connectivity index (χ1) is 68.7. The summed E-state index contributed by atoms with van der Waals surface area (Å²) in [4.78, 5) is 69.1. The van der Waals surface area contributed by atoms with Crippen LogP contribution in [0.2, 0.25) is 0 Å². The Morgan fingerprint density at radius 2 is 0.576 bits per heavy atom. The van der Waals surface area contributed by atoms with Crippen LogP contribution in [0.5, 0.6) is 46.0 Å². The van der Waals surface area contributed by atoms with Gasteiger partial charge in [-0.1, -0.05) is 149 Å². The molecule has 144 heavy (non-hydrogen) atoms. The molecule has 0 bridgehead atoms. The van der Waals surface area contributed by atoms with Crippen molar-refractivity contribution in [2.75, 3.05) is 88.3 Å². The molecule has 1 fully saturated rings. The standard InChI is InChI=1S/C20H23NO3.C19H20F3NO3.C19H23NO4.C19H23NO3.C18H19F2NO3.C18H21NO4/c1-13-4-9-19(14(2)10-13)24-12-17-8-7-16(15-5-6-15)11-18(17)21-20(22)23-3;1-11-5-6-17(13(3)7-11)26-10-14-8-12(2)15(19(20,21)22)9-16(14)23-18(24)25-4;1-5-23-16-8-7-15(17(11-16)20-19(21)22-4)12-24-18-9-6-13(2)10-14(18)3;1-5-15-7-8-16(17(11-15)20-19(21)22-4)12-23-18-9-6-13(2)10-14(18)3;1-11-4-7-16(12(2)8-11)24-10-14-6-5-13(17(19)20)9-15(14)21-18(22)23-3;1-12-5-8-17(13(2)9-12)23-11-14-6-7-15(21-3)10-16(14)19-18(20)22-4/h4,7-11,15H,5-6,12H2,1-3H3,(H,21,22);5-9H,10H2,1-4H3,(H,23,24);6-11H,5,12H2,1-4H3,(H,20,21);6-11H,5,12H2,1-4H3,(H,20,21);4-9,17H,10H2,1-3H3,(H,21,22);5-10H,11H2,1-4H3,(H,19,20). The van der Waals surface area contributed by atoms with E-state index in [1.807, 2.05) is 210 Å². The first kappa shape index (κ1) is 114. The fraction of sp³-hybridized carbons (Fsp3) is 0.310. The Morgan fingerprint density at radius 1 is 0.299 bits per heavy atom. The molecular weight excluding hydrogens is 1860 g/mol. The van der Waals surface area contributed by atoms with E-state index in [0.717, 1.165) is 126 Å². The van der Waals surface area contributed by atoms with Crippen LogP contribution in [-0.2, 0) is 80.7 Å². The van der Waals surface area contributed by atoms with Crippen LogP contribution in [0.1, 0.15) is 167 Å². The second kappa shape index (κ2) is 56.1. The Morgan fingerprint density at radius 3 is 0.868 bits per heavy atom. The molecule has 0 aliphatic heterocycles. The summed E-state index contributed by atoms with van der Waals surface area (Å²) in [5.41, 5.74) is 22.1. The zero-order chi connectivity index (χ0) is 105. The molecule has 6 amide bonds. The van der Waals surface area contributed by atoms with Gasteiger partial charge >= 0.3 is 42.7 Å². The lowest BCUT2D eigenvalue weighted by Gasteiger charge is -2.18. The zero-order valence-electron chi connectivity index (χ0n) is 85.5. The number of anilines is 6. The third-order valence-electron chi connectivity index (χ3n) is 22.4. The number of ether oxygens (including phenoxy) is 14. The van der Waals surface area contributed by atoms with E-state index >= 15 is 0 Å². The average molecular weight is 1990 g/mol. The normalized spacial score (nSPS) is 11.0. The monoisotopic (exact) mass is 1980 g/mol. The summed E-state index contributed by atoms with van der Waals surface area (Å²) in [6, 6.07) is 65.0. The molecule has 1 saturated carbocycles. The highest BCUT2D eigenvalue weighted by Crippen LogP contribution is 2.43. The highest BCUT2D eigenvalue weighted by Gasteiger charge is 2.34. The number of rotatable bonds is 30. The maximum Gasteiger partial charge on any atom is 0.416 e. The Balaban J connectivity index is 0.000000211. The van der Waals surface area contributed by atoms with Crippen molar-refractivity contribution < 1.29 is 117 Å². The molecule has 0 heterocycles. The van der Waals surface area contributed by atoms with Gasteiger partial charge in [0.1, 0.15) is 85.6 Å². The first-order valence-corrected chi connectivity index (χ1v) is 46.3. The van der Waals surface area contributed by atoms with Gasteiger partial charge in [0.25, 0.3) is 6.43 Å². The average Bonchev–Trinajstić information content (AvgIpc) is 1.16. The molecule has 0 saturated heterocycles. The summed E-state index contributed by atoms with van der Waals surface area (Å²) < 4.78 is 139. The fourth-order valence-electron chi connectivity index (χ4n) is 14.5. The third kappa shape index (κ3) is 36.4. The van der Waals surface area contributed by atoms with Gasteiger partial charge in [-0.2, -0.15) is 13.2 Å². The number of carbonyl (C=O) groups excluding carboxylic acids is 6. The molecule has 1 aliphatic carbocycles. The van der Waals surface area contributed by atoms with Gasteiger partial charge in [0.05, 0.1) is 96.1 Å². The van der Waals surface area contributed by atoms with Crippen LogP contribution in [0.15, 0.2) is 212 Å². The molecule has 6 N–H and O–H groups in total. The number of benzene rings is 12. The number of methoxy groups -OCH3 is 7. The Hall–Kier alpha value is -15.7. The van der Waals surface area contributed by atoms with Crippen molar-refractivity contribution in [3.63, 3.8) is 0 Å². The summed E-state index contributed by atoms with van der Waals surface area (Å²) in [6.07, 6.45) is -7.41. The molecule has 0 aromatic heterocycles. The maximum absolute atomic E-state index is 13.1. The van der Waals surface area contributed by atoms with Gasteiger partial charge in [-0.15, -0.1) is 0 Å². The molecule has 0 radical (unpaired) electrons. The number of halogens is 5. The molecule has 13 rings (SSSR count). The van der Waals surface area contributed by atoms with Gasteiger partial charge in [0, 0.05) is 51.1 Å². The quantitative estimate of drug-likeness (QED) is 0.0180. The number of amides is 6. The third-order valence-corrected chi connectivity index (χ3v) is 22.4. The molecule has 0 unspecified atom stereocenters. The van der Waals surface area contributed by atoms with Gasteiger partial charge in [0.2, 0.25) is 0 Å². The number of carbonyl (C=O) groups is 6. The molecule has 766 valence electrons. The van der Waals surface area contributed by atoms with Crippen molar-refractivity contribution in [1.82, 2.24) is 0 Å². The van der Waals surface area contributed by atoms with E-state index in [9.17, 15) is 50.7 Å². The Bertz CT molecular complexity index is 6130. The predicted molar refractivity (Wildman–Crippen MR) is 550 cm³/mol. The topological polar surface area (TPSA) is 304 Å². The fourth-order valence-corrected chi connectivity index (χ4v) is 14.5.